The topological polar surface area (TPSA) is 51.2 Å². The smallest absolute Gasteiger partial charge is 0.177 e. The average molecular weight is 240 g/mol. The molecule has 16 heavy (non-hydrogen) atoms. The number of rotatable bonds is 4. The van der Waals surface area contributed by atoms with Crippen LogP contribution in [0.4, 0.5) is 0 Å². The molecule has 88 valence electrons. The molecule has 0 aliphatic heterocycles. The van der Waals surface area contributed by atoms with Gasteiger partial charge in [0, 0.05) is 11.3 Å². The summed E-state index contributed by atoms with van der Waals surface area (Å²) < 4.78 is 22.6. The zero-order valence-corrected chi connectivity index (χ0v) is 10.6. The van der Waals surface area contributed by atoms with E-state index in [-0.39, 0.29) is 11.5 Å². The van der Waals surface area contributed by atoms with E-state index in [2.05, 4.69) is 0 Å². The van der Waals surface area contributed by atoms with Gasteiger partial charge in [-0.2, -0.15) is 0 Å². The number of sulfone groups is 1. The third kappa shape index (κ3) is 3.17. The molecule has 0 radical (unpaired) electrons. The minimum absolute atomic E-state index is 0.00356. The van der Waals surface area contributed by atoms with Crippen LogP contribution in [0.25, 0.3) is 0 Å². The maximum absolute atomic E-state index is 11.7. The van der Waals surface area contributed by atoms with Crippen molar-refractivity contribution in [2.24, 2.45) is 0 Å². The Hall–Kier alpha value is -1.16. The highest BCUT2D eigenvalue weighted by molar-refractivity contribution is 7.92. The first-order valence-electron chi connectivity index (χ1n) is 5.16. The molecule has 0 heterocycles. The summed E-state index contributed by atoms with van der Waals surface area (Å²) in [4.78, 5) is 11.7. The predicted octanol–water partition coefficient (Wildman–Crippen LogP) is 1.92. The number of hydrogen-bond donors (Lipinski definition) is 0. The molecule has 0 saturated heterocycles. The van der Waals surface area contributed by atoms with Crippen LogP contribution in [0.15, 0.2) is 18.2 Å². The second kappa shape index (κ2) is 4.78. The largest absolute Gasteiger partial charge is 0.293 e. The zero-order valence-electron chi connectivity index (χ0n) is 9.78. The van der Waals surface area contributed by atoms with Crippen molar-refractivity contribution in [3.63, 3.8) is 0 Å². The third-order valence-electron chi connectivity index (χ3n) is 2.62. The molecular weight excluding hydrogens is 224 g/mol. The van der Waals surface area contributed by atoms with Gasteiger partial charge in [-0.1, -0.05) is 19.1 Å². The van der Waals surface area contributed by atoms with Gasteiger partial charge in [-0.15, -0.1) is 0 Å². The van der Waals surface area contributed by atoms with Gasteiger partial charge in [0.15, 0.2) is 15.6 Å². The van der Waals surface area contributed by atoms with Crippen LogP contribution in [0.3, 0.4) is 0 Å². The third-order valence-corrected chi connectivity index (χ3v) is 4.20. The normalized spacial score (nSPS) is 11.4. The lowest BCUT2D eigenvalue weighted by molar-refractivity contribution is 0.102. The van der Waals surface area contributed by atoms with Crippen molar-refractivity contribution in [3.8, 4) is 0 Å². The molecule has 0 spiro atoms. The Morgan fingerprint density at radius 1 is 1.19 bits per heavy atom. The molecule has 1 aromatic rings. The minimum atomic E-state index is -3.24. The van der Waals surface area contributed by atoms with E-state index in [0.717, 1.165) is 11.1 Å². The fourth-order valence-corrected chi connectivity index (χ4v) is 2.07. The highest BCUT2D eigenvalue weighted by atomic mass is 32.2. The Kier molecular flexibility index (Phi) is 3.86. The maximum Gasteiger partial charge on any atom is 0.177 e. The number of hydrogen-bond acceptors (Lipinski definition) is 3. The molecule has 4 heteroatoms. The lowest BCUT2D eigenvalue weighted by Gasteiger charge is -2.04. The van der Waals surface area contributed by atoms with Gasteiger partial charge in [0.2, 0.25) is 0 Å². The van der Waals surface area contributed by atoms with E-state index >= 15 is 0 Å². The molecule has 0 bridgehead atoms. The fourth-order valence-electron chi connectivity index (χ4n) is 1.30. The monoisotopic (exact) mass is 240 g/mol. The lowest BCUT2D eigenvalue weighted by Crippen LogP contribution is -2.17. The van der Waals surface area contributed by atoms with Gasteiger partial charge >= 0.3 is 0 Å². The Balaban J connectivity index is 2.94. The standard InChI is InChI=1S/C12H16O3S/c1-4-16(14,15)8-12(13)11-6-5-9(2)10(3)7-11/h5-7H,4,8H2,1-3H3. The van der Waals surface area contributed by atoms with Crippen molar-refractivity contribution in [3.05, 3.63) is 34.9 Å². The summed E-state index contributed by atoms with van der Waals surface area (Å²) in [5.74, 6) is -0.722. The van der Waals surface area contributed by atoms with Crippen LogP contribution in [0.1, 0.15) is 28.4 Å². The summed E-state index contributed by atoms with van der Waals surface area (Å²) in [5, 5.41) is 0. The van der Waals surface area contributed by atoms with E-state index in [0.29, 0.717) is 5.56 Å². The van der Waals surface area contributed by atoms with E-state index in [1.54, 1.807) is 19.1 Å². The van der Waals surface area contributed by atoms with Crippen LogP contribution < -0.4 is 0 Å². The number of Topliss-reactive ketones (excluding diaryl/α,β-unsaturated/α-hetero) is 1. The van der Waals surface area contributed by atoms with Crippen molar-refractivity contribution in [1.82, 2.24) is 0 Å². The molecule has 0 atom stereocenters. The molecule has 3 nitrogen and oxygen atoms in total. The molecule has 0 N–H and O–H groups in total. The van der Waals surface area contributed by atoms with Crippen LogP contribution in [0.5, 0.6) is 0 Å². The molecule has 0 aliphatic rings. The molecule has 0 unspecified atom stereocenters. The molecule has 1 rings (SSSR count). The van der Waals surface area contributed by atoms with Gasteiger partial charge in [-0.05, 0) is 31.0 Å². The van der Waals surface area contributed by atoms with Gasteiger partial charge in [0.05, 0.1) is 0 Å². The first-order chi connectivity index (χ1) is 7.35. The van der Waals surface area contributed by atoms with E-state index in [4.69, 9.17) is 0 Å². The Labute approximate surface area is 96.4 Å². The molecule has 0 saturated carbocycles. The van der Waals surface area contributed by atoms with Gasteiger partial charge < -0.3 is 0 Å². The number of ketones is 1. The molecule has 0 fully saturated rings. The quantitative estimate of drug-likeness (QED) is 0.755. The van der Waals surface area contributed by atoms with E-state index in [9.17, 15) is 13.2 Å². The number of carbonyl (C=O) groups is 1. The van der Waals surface area contributed by atoms with Crippen molar-refractivity contribution in [1.29, 1.82) is 0 Å². The molecule has 1 aromatic carbocycles. The molecular formula is C12H16O3S. The Morgan fingerprint density at radius 2 is 1.81 bits per heavy atom. The number of aryl methyl sites for hydroxylation is 2. The summed E-state index contributed by atoms with van der Waals surface area (Å²) in [6.07, 6.45) is 0. The Bertz CT molecular complexity index is 501. The first-order valence-corrected chi connectivity index (χ1v) is 6.98. The van der Waals surface area contributed by atoms with Gasteiger partial charge in [-0.25, -0.2) is 8.42 Å². The maximum atomic E-state index is 11.7. The van der Waals surface area contributed by atoms with Crippen LogP contribution >= 0.6 is 0 Å². The van der Waals surface area contributed by atoms with Gasteiger partial charge in [-0.3, -0.25) is 4.79 Å². The molecule has 0 amide bonds. The van der Waals surface area contributed by atoms with Crippen molar-refractivity contribution < 1.29 is 13.2 Å². The van der Waals surface area contributed by atoms with Crippen LogP contribution in [0, 0.1) is 13.8 Å². The summed E-state index contributed by atoms with van der Waals surface area (Å²) in [5.41, 5.74) is 2.56. The zero-order chi connectivity index (χ0) is 12.3. The van der Waals surface area contributed by atoms with Gasteiger partial charge in [0.1, 0.15) is 5.75 Å². The fraction of sp³-hybridized carbons (Fsp3) is 0.417. The number of carbonyl (C=O) groups excluding carboxylic acids is 1. The second-order valence-electron chi connectivity index (χ2n) is 3.90. The Morgan fingerprint density at radius 3 is 2.31 bits per heavy atom. The predicted molar refractivity (Wildman–Crippen MR) is 64.6 cm³/mol. The van der Waals surface area contributed by atoms with Crippen molar-refractivity contribution in [2.45, 2.75) is 20.8 Å². The van der Waals surface area contributed by atoms with Crippen LogP contribution in [0.2, 0.25) is 0 Å². The average Bonchev–Trinajstić information content (AvgIpc) is 2.21. The number of benzene rings is 1. The first kappa shape index (κ1) is 12.9. The highest BCUT2D eigenvalue weighted by Gasteiger charge is 2.16. The van der Waals surface area contributed by atoms with Gasteiger partial charge in [0.25, 0.3) is 0 Å². The van der Waals surface area contributed by atoms with Crippen LogP contribution in [-0.4, -0.2) is 25.7 Å². The van der Waals surface area contributed by atoms with Crippen molar-refractivity contribution >= 4 is 15.6 Å². The van der Waals surface area contributed by atoms with Crippen molar-refractivity contribution in [2.75, 3.05) is 11.5 Å². The summed E-state index contributed by atoms with van der Waals surface area (Å²) in [6.45, 7) is 5.40. The van der Waals surface area contributed by atoms with E-state index in [1.165, 1.54) is 0 Å². The lowest BCUT2D eigenvalue weighted by atomic mass is 10.0. The van der Waals surface area contributed by atoms with E-state index in [1.807, 2.05) is 19.9 Å². The summed E-state index contributed by atoms with van der Waals surface area (Å²) >= 11 is 0. The summed E-state index contributed by atoms with van der Waals surface area (Å²) in [7, 11) is -3.24. The van der Waals surface area contributed by atoms with E-state index < -0.39 is 15.6 Å². The highest BCUT2D eigenvalue weighted by Crippen LogP contribution is 2.11. The van der Waals surface area contributed by atoms with Crippen LogP contribution in [-0.2, 0) is 9.84 Å². The molecule has 0 aromatic heterocycles. The molecule has 0 aliphatic carbocycles. The SMILES string of the molecule is CCS(=O)(=O)CC(=O)c1ccc(C)c(C)c1. The minimum Gasteiger partial charge on any atom is -0.293 e. The summed E-state index contributed by atoms with van der Waals surface area (Å²) in [6, 6.07) is 5.25. The second-order valence-corrected chi connectivity index (χ2v) is 6.25.